The molecule has 0 bridgehead atoms. The first-order valence-electron chi connectivity index (χ1n) is 5.07. The van der Waals surface area contributed by atoms with Crippen LogP contribution in [0.4, 0.5) is 0 Å². The van der Waals surface area contributed by atoms with Crippen LogP contribution in [0.25, 0.3) is 0 Å². The van der Waals surface area contributed by atoms with Crippen molar-refractivity contribution < 1.29 is 4.79 Å². The molecule has 0 unspecified atom stereocenters. The molecular weight excluding hydrogens is 176 g/mol. The number of amides is 1. The van der Waals surface area contributed by atoms with Gasteiger partial charge in [-0.3, -0.25) is 4.79 Å². The van der Waals surface area contributed by atoms with Crippen LogP contribution in [0, 0.1) is 5.41 Å². The predicted octanol–water partition coefficient (Wildman–Crippen LogP) is 1.62. The topological polar surface area (TPSA) is 46.3 Å². The molecular formula is C11H24N2O. The summed E-state index contributed by atoms with van der Waals surface area (Å²) in [6, 6.07) is 0. The molecule has 0 aliphatic rings. The van der Waals surface area contributed by atoms with Gasteiger partial charge in [0.05, 0.1) is 0 Å². The molecule has 14 heavy (non-hydrogen) atoms. The van der Waals surface area contributed by atoms with Gasteiger partial charge in [-0.2, -0.15) is 0 Å². The zero-order valence-corrected chi connectivity index (χ0v) is 10.3. The van der Waals surface area contributed by atoms with Crippen LogP contribution in [-0.2, 0) is 4.79 Å². The SMILES string of the molecule is CN(C(=O)CC(C)(C)C)C(C)(C)CN. The Balaban J connectivity index is 4.41. The van der Waals surface area contributed by atoms with Crippen molar-refractivity contribution in [1.82, 2.24) is 4.90 Å². The third-order valence-corrected chi connectivity index (χ3v) is 2.46. The number of carbonyl (C=O) groups is 1. The first kappa shape index (κ1) is 13.4. The minimum Gasteiger partial charge on any atom is -0.339 e. The highest BCUT2D eigenvalue weighted by atomic mass is 16.2. The normalized spacial score (nSPS) is 12.8. The second-order valence-electron chi connectivity index (χ2n) is 5.71. The number of rotatable bonds is 3. The smallest absolute Gasteiger partial charge is 0.223 e. The lowest BCUT2D eigenvalue weighted by Crippen LogP contribution is -2.50. The zero-order valence-electron chi connectivity index (χ0n) is 10.3. The van der Waals surface area contributed by atoms with Gasteiger partial charge in [0, 0.05) is 25.6 Å². The molecule has 0 radical (unpaired) electrons. The van der Waals surface area contributed by atoms with E-state index in [1.807, 2.05) is 20.9 Å². The number of carbonyl (C=O) groups excluding carboxylic acids is 1. The molecule has 0 saturated heterocycles. The summed E-state index contributed by atoms with van der Waals surface area (Å²) in [4.78, 5) is 13.6. The van der Waals surface area contributed by atoms with E-state index < -0.39 is 0 Å². The van der Waals surface area contributed by atoms with Crippen LogP contribution in [0.15, 0.2) is 0 Å². The summed E-state index contributed by atoms with van der Waals surface area (Å²) in [5, 5.41) is 0. The maximum Gasteiger partial charge on any atom is 0.223 e. The summed E-state index contributed by atoms with van der Waals surface area (Å²) in [6.07, 6.45) is 0.562. The van der Waals surface area contributed by atoms with E-state index in [-0.39, 0.29) is 16.9 Å². The molecule has 0 aromatic carbocycles. The number of nitrogens with zero attached hydrogens (tertiary/aromatic N) is 1. The van der Waals surface area contributed by atoms with Crippen LogP contribution in [0.2, 0.25) is 0 Å². The van der Waals surface area contributed by atoms with E-state index in [1.54, 1.807) is 4.90 Å². The van der Waals surface area contributed by atoms with Crippen molar-refractivity contribution in [2.24, 2.45) is 11.1 Å². The molecule has 3 heteroatoms. The van der Waals surface area contributed by atoms with Gasteiger partial charge in [-0.1, -0.05) is 20.8 Å². The molecule has 0 fully saturated rings. The van der Waals surface area contributed by atoms with E-state index >= 15 is 0 Å². The van der Waals surface area contributed by atoms with Crippen molar-refractivity contribution in [3.8, 4) is 0 Å². The van der Waals surface area contributed by atoms with Gasteiger partial charge in [0.25, 0.3) is 0 Å². The fourth-order valence-corrected chi connectivity index (χ4v) is 1.05. The Morgan fingerprint density at radius 1 is 1.21 bits per heavy atom. The molecule has 0 atom stereocenters. The quantitative estimate of drug-likeness (QED) is 0.752. The average Bonchev–Trinajstić information content (AvgIpc) is 2.00. The Labute approximate surface area is 87.6 Å². The van der Waals surface area contributed by atoms with E-state index in [2.05, 4.69) is 20.8 Å². The number of likely N-dealkylation sites (N-methyl/N-ethyl adjacent to an activating group) is 1. The van der Waals surface area contributed by atoms with Gasteiger partial charge in [0.2, 0.25) is 5.91 Å². The summed E-state index contributed by atoms with van der Waals surface area (Å²) in [6.45, 7) is 10.6. The summed E-state index contributed by atoms with van der Waals surface area (Å²) < 4.78 is 0. The predicted molar refractivity (Wildman–Crippen MR) is 60.0 cm³/mol. The molecule has 0 aliphatic heterocycles. The summed E-state index contributed by atoms with van der Waals surface area (Å²) >= 11 is 0. The molecule has 2 N–H and O–H groups in total. The van der Waals surface area contributed by atoms with Crippen molar-refractivity contribution in [3.63, 3.8) is 0 Å². The summed E-state index contributed by atoms with van der Waals surface area (Å²) in [5.74, 6) is 0.160. The van der Waals surface area contributed by atoms with Crippen LogP contribution in [0.3, 0.4) is 0 Å². The standard InChI is InChI=1S/C11H24N2O/c1-10(2,3)7-9(14)13(6)11(4,5)8-12/h7-8,12H2,1-6H3. The number of hydrogen-bond acceptors (Lipinski definition) is 2. The third-order valence-electron chi connectivity index (χ3n) is 2.46. The van der Waals surface area contributed by atoms with E-state index in [1.165, 1.54) is 0 Å². The Kier molecular flexibility index (Phi) is 4.13. The van der Waals surface area contributed by atoms with Crippen molar-refractivity contribution in [2.75, 3.05) is 13.6 Å². The molecule has 0 aromatic heterocycles. The molecule has 1 amide bonds. The second kappa shape index (κ2) is 4.30. The fraction of sp³-hybridized carbons (Fsp3) is 0.909. The number of hydrogen-bond donors (Lipinski definition) is 1. The minimum absolute atomic E-state index is 0.0377. The Morgan fingerprint density at radius 3 is 1.93 bits per heavy atom. The lowest BCUT2D eigenvalue weighted by Gasteiger charge is -2.36. The molecule has 3 nitrogen and oxygen atoms in total. The molecule has 0 saturated carbocycles. The van der Waals surface area contributed by atoms with Gasteiger partial charge < -0.3 is 10.6 Å². The fourth-order valence-electron chi connectivity index (χ4n) is 1.05. The zero-order chi connectivity index (χ0) is 11.6. The Hall–Kier alpha value is -0.570. The Bertz CT molecular complexity index is 204. The Morgan fingerprint density at radius 2 is 1.64 bits per heavy atom. The van der Waals surface area contributed by atoms with Crippen LogP contribution < -0.4 is 5.73 Å². The van der Waals surface area contributed by atoms with E-state index in [4.69, 9.17) is 5.73 Å². The van der Waals surface area contributed by atoms with E-state index in [9.17, 15) is 4.79 Å². The molecule has 0 spiro atoms. The first-order chi connectivity index (χ1) is 6.10. The highest BCUT2D eigenvalue weighted by Crippen LogP contribution is 2.22. The van der Waals surface area contributed by atoms with Crippen LogP contribution >= 0.6 is 0 Å². The monoisotopic (exact) mass is 200 g/mol. The van der Waals surface area contributed by atoms with Gasteiger partial charge in [0.1, 0.15) is 0 Å². The lowest BCUT2D eigenvalue weighted by atomic mass is 9.90. The van der Waals surface area contributed by atoms with Gasteiger partial charge >= 0.3 is 0 Å². The lowest BCUT2D eigenvalue weighted by molar-refractivity contribution is -0.136. The summed E-state index contributed by atoms with van der Waals surface area (Å²) in [5.41, 5.74) is 5.40. The van der Waals surface area contributed by atoms with Crippen molar-refractivity contribution in [1.29, 1.82) is 0 Å². The van der Waals surface area contributed by atoms with Crippen LogP contribution in [0.1, 0.15) is 41.0 Å². The van der Waals surface area contributed by atoms with Gasteiger partial charge in [0.15, 0.2) is 0 Å². The van der Waals surface area contributed by atoms with Crippen LogP contribution in [-0.4, -0.2) is 29.9 Å². The van der Waals surface area contributed by atoms with Gasteiger partial charge in [-0.15, -0.1) is 0 Å². The van der Waals surface area contributed by atoms with Crippen molar-refractivity contribution in [3.05, 3.63) is 0 Å². The van der Waals surface area contributed by atoms with Gasteiger partial charge in [-0.25, -0.2) is 0 Å². The van der Waals surface area contributed by atoms with Crippen molar-refractivity contribution in [2.45, 2.75) is 46.6 Å². The largest absolute Gasteiger partial charge is 0.339 e. The maximum atomic E-state index is 11.8. The third kappa shape index (κ3) is 4.09. The van der Waals surface area contributed by atoms with Gasteiger partial charge in [-0.05, 0) is 19.3 Å². The molecule has 84 valence electrons. The minimum atomic E-state index is -0.248. The van der Waals surface area contributed by atoms with E-state index in [0.29, 0.717) is 13.0 Å². The second-order valence-corrected chi connectivity index (χ2v) is 5.71. The molecule has 0 aromatic rings. The highest BCUT2D eigenvalue weighted by molar-refractivity contribution is 5.77. The number of nitrogens with two attached hydrogens (primary N) is 1. The van der Waals surface area contributed by atoms with Crippen molar-refractivity contribution >= 4 is 5.91 Å². The van der Waals surface area contributed by atoms with Crippen LogP contribution in [0.5, 0.6) is 0 Å². The van der Waals surface area contributed by atoms with E-state index in [0.717, 1.165) is 0 Å². The average molecular weight is 200 g/mol. The highest BCUT2D eigenvalue weighted by Gasteiger charge is 2.28. The molecule has 0 heterocycles. The molecule has 0 aliphatic carbocycles. The first-order valence-corrected chi connectivity index (χ1v) is 5.07. The summed E-state index contributed by atoms with van der Waals surface area (Å²) in [7, 11) is 1.82. The molecule has 0 rings (SSSR count). The maximum absolute atomic E-state index is 11.8.